The average Bonchev–Trinajstić information content (AvgIpc) is 2.84. The van der Waals surface area contributed by atoms with Crippen LogP contribution in [0.3, 0.4) is 0 Å². The minimum Gasteiger partial charge on any atom is -0.241 e. The van der Waals surface area contributed by atoms with Crippen molar-refractivity contribution in [3.05, 3.63) is 119 Å². The van der Waals surface area contributed by atoms with Gasteiger partial charge in [-0.1, -0.05) is 36.1 Å². The molecule has 164 valence electrons. The molecule has 0 radical (unpaired) electrons. The highest BCUT2D eigenvalue weighted by Crippen LogP contribution is 2.24. The molecule has 0 aliphatic heterocycles. The van der Waals surface area contributed by atoms with Crippen LogP contribution in [0.15, 0.2) is 73.6 Å². The molecule has 0 aliphatic carbocycles. The zero-order valence-electron chi connectivity index (χ0n) is 17.9. The molecule has 0 amide bonds. The van der Waals surface area contributed by atoms with E-state index in [1.165, 1.54) is 6.07 Å². The van der Waals surface area contributed by atoms with Crippen LogP contribution in [0.5, 0.6) is 0 Å². The summed E-state index contributed by atoms with van der Waals surface area (Å²) >= 11 is 0. The standard InChI is InChI=1S/C28H21F3N2/c1-2-3-4-22-17-32-26(33-18-22)14-12-20-7-5-19(6-8-20)9-10-21-11-13-24-23(15-21)16-25(29)28(31)27(24)30/h2,5-8,11,13,15-18H,1,3-4,12,14H2. The number of hydrogen-bond donors (Lipinski definition) is 0. The fourth-order valence-corrected chi connectivity index (χ4v) is 3.45. The SMILES string of the molecule is C=CCCc1cnc(CCc2ccc(C#Cc3ccc4c(F)c(F)c(F)cc4c3)cc2)nc1. The minimum absolute atomic E-state index is 0.0270. The van der Waals surface area contributed by atoms with Crippen LogP contribution >= 0.6 is 0 Å². The Kier molecular flexibility index (Phi) is 6.85. The Morgan fingerprint density at radius 1 is 0.758 bits per heavy atom. The molecule has 0 atom stereocenters. The zero-order chi connectivity index (χ0) is 23.2. The summed E-state index contributed by atoms with van der Waals surface area (Å²) in [5.41, 5.74) is 3.66. The molecular formula is C28H21F3N2. The summed E-state index contributed by atoms with van der Waals surface area (Å²) in [6.07, 6.45) is 9.00. The fraction of sp³-hybridized carbons (Fsp3) is 0.143. The molecule has 1 heterocycles. The lowest BCUT2D eigenvalue weighted by Gasteiger charge is -2.03. The molecule has 5 heteroatoms. The van der Waals surface area contributed by atoms with Gasteiger partial charge in [0.05, 0.1) is 0 Å². The second-order valence-corrected chi connectivity index (χ2v) is 7.70. The maximum absolute atomic E-state index is 13.9. The number of aryl methyl sites for hydroxylation is 3. The van der Waals surface area contributed by atoms with Gasteiger partial charge in [-0.3, -0.25) is 0 Å². The first-order chi connectivity index (χ1) is 16.0. The summed E-state index contributed by atoms with van der Waals surface area (Å²) in [6.45, 7) is 3.72. The number of aromatic nitrogens is 2. The molecule has 0 saturated carbocycles. The van der Waals surface area contributed by atoms with E-state index in [2.05, 4.69) is 28.4 Å². The molecule has 0 aliphatic rings. The lowest BCUT2D eigenvalue weighted by molar-refractivity contribution is 0.453. The first-order valence-corrected chi connectivity index (χ1v) is 10.6. The summed E-state index contributed by atoms with van der Waals surface area (Å²) in [5.74, 6) is 2.98. The number of benzene rings is 3. The molecule has 0 bridgehead atoms. The maximum atomic E-state index is 13.9. The van der Waals surface area contributed by atoms with Crippen molar-refractivity contribution in [1.82, 2.24) is 9.97 Å². The molecule has 4 aromatic rings. The molecule has 3 aromatic carbocycles. The Balaban J connectivity index is 1.40. The van der Waals surface area contributed by atoms with Crippen LogP contribution < -0.4 is 0 Å². The van der Waals surface area contributed by atoms with E-state index in [9.17, 15) is 13.2 Å². The van der Waals surface area contributed by atoms with Gasteiger partial charge in [0.25, 0.3) is 0 Å². The lowest BCUT2D eigenvalue weighted by Crippen LogP contribution is -1.99. The largest absolute Gasteiger partial charge is 0.241 e. The van der Waals surface area contributed by atoms with Crippen LogP contribution in [-0.2, 0) is 19.3 Å². The van der Waals surface area contributed by atoms with Gasteiger partial charge in [0.2, 0.25) is 0 Å². The van der Waals surface area contributed by atoms with Crippen LogP contribution in [0.2, 0.25) is 0 Å². The first-order valence-electron chi connectivity index (χ1n) is 10.6. The number of halogens is 3. The Hall–Kier alpha value is -3.91. The molecule has 0 spiro atoms. The number of fused-ring (bicyclic) bond motifs is 1. The third-order valence-electron chi connectivity index (χ3n) is 5.31. The normalized spacial score (nSPS) is 10.6. The van der Waals surface area contributed by atoms with Gasteiger partial charge < -0.3 is 0 Å². The first kappa shape index (κ1) is 22.3. The second-order valence-electron chi connectivity index (χ2n) is 7.70. The third kappa shape index (κ3) is 5.48. The monoisotopic (exact) mass is 442 g/mol. The Morgan fingerprint density at radius 3 is 2.18 bits per heavy atom. The van der Waals surface area contributed by atoms with Crippen LogP contribution in [0.1, 0.15) is 34.5 Å². The van der Waals surface area contributed by atoms with E-state index in [1.54, 1.807) is 12.1 Å². The van der Waals surface area contributed by atoms with Gasteiger partial charge in [-0.25, -0.2) is 23.1 Å². The second kappa shape index (κ2) is 10.1. The summed E-state index contributed by atoms with van der Waals surface area (Å²) < 4.78 is 40.7. The smallest absolute Gasteiger partial charge is 0.195 e. The van der Waals surface area contributed by atoms with E-state index in [0.29, 0.717) is 5.56 Å². The summed E-state index contributed by atoms with van der Waals surface area (Å²) in [5, 5.41) is 0.295. The van der Waals surface area contributed by atoms with Crippen molar-refractivity contribution < 1.29 is 13.2 Å². The van der Waals surface area contributed by atoms with Crippen molar-refractivity contribution in [2.75, 3.05) is 0 Å². The Labute approximate surface area is 190 Å². The predicted octanol–water partition coefficient (Wildman–Crippen LogP) is 6.35. The lowest BCUT2D eigenvalue weighted by atomic mass is 10.0. The third-order valence-corrected chi connectivity index (χ3v) is 5.31. The number of allylic oxidation sites excluding steroid dienone is 1. The van der Waals surface area contributed by atoms with E-state index >= 15 is 0 Å². The molecule has 0 saturated heterocycles. The van der Waals surface area contributed by atoms with E-state index in [4.69, 9.17) is 0 Å². The van der Waals surface area contributed by atoms with Gasteiger partial charge in [0.15, 0.2) is 17.5 Å². The minimum atomic E-state index is -1.46. The van der Waals surface area contributed by atoms with Crippen LogP contribution in [0.25, 0.3) is 10.8 Å². The fourth-order valence-electron chi connectivity index (χ4n) is 3.45. The highest BCUT2D eigenvalue weighted by Gasteiger charge is 2.13. The molecule has 4 rings (SSSR count). The highest BCUT2D eigenvalue weighted by molar-refractivity contribution is 5.84. The molecule has 0 unspecified atom stereocenters. The van der Waals surface area contributed by atoms with Crippen molar-refractivity contribution in [3.8, 4) is 11.8 Å². The van der Waals surface area contributed by atoms with Crippen molar-refractivity contribution in [1.29, 1.82) is 0 Å². The van der Waals surface area contributed by atoms with E-state index in [0.717, 1.165) is 54.3 Å². The topological polar surface area (TPSA) is 25.8 Å². The van der Waals surface area contributed by atoms with Gasteiger partial charge in [-0.15, -0.1) is 6.58 Å². The number of hydrogen-bond acceptors (Lipinski definition) is 2. The summed E-state index contributed by atoms with van der Waals surface area (Å²) in [7, 11) is 0. The highest BCUT2D eigenvalue weighted by atomic mass is 19.2. The zero-order valence-corrected chi connectivity index (χ0v) is 17.9. The van der Waals surface area contributed by atoms with Gasteiger partial charge >= 0.3 is 0 Å². The number of nitrogens with zero attached hydrogens (tertiary/aromatic N) is 2. The average molecular weight is 442 g/mol. The van der Waals surface area contributed by atoms with Crippen molar-refractivity contribution >= 4 is 10.8 Å². The van der Waals surface area contributed by atoms with Gasteiger partial charge in [-0.05, 0) is 66.1 Å². The van der Waals surface area contributed by atoms with E-state index < -0.39 is 17.5 Å². The quantitative estimate of drug-likeness (QED) is 0.198. The van der Waals surface area contributed by atoms with Crippen LogP contribution in [-0.4, -0.2) is 9.97 Å². The van der Waals surface area contributed by atoms with Crippen molar-refractivity contribution in [2.45, 2.75) is 25.7 Å². The van der Waals surface area contributed by atoms with Crippen LogP contribution in [0, 0.1) is 29.3 Å². The molecule has 2 nitrogen and oxygen atoms in total. The molecule has 1 aromatic heterocycles. The van der Waals surface area contributed by atoms with Crippen LogP contribution in [0.4, 0.5) is 13.2 Å². The van der Waals surface area contributed by atoms with E-state index in [1.807, 2.05) is 42.7 Å². The molecule has 0 N–H and O–H groups in total. The van der Waals surface area contributed by atoms with Gasteiger partial charge in [-0.2, -0.15) is 0 Å². The Bertz CT molecular complexity index is 1350. The molecule has 33 heavy (non-hydrogen) atoms. The van der Waals surface area contributed by atoms with Gasteiger partial charge in [0, 0.05) is 35.3 Å². The van der Waals surface area contributed by atoms with Crippen molar-refractivity contribution in [2.24, 2.45) is 0 Å². The Morgan fingerprint density at radius 2 is 1.45 bits per heavy atom. The molecular weight excluding hydrogens is 421 g/mol. The van der Waals surface area contributed by atoms with Gasteiger partial charge in [0.1, 0.15) is 5.82 Å². The van der Waals surface area contributed by atoms with Crippen molar-refractivity contribution in [3.63, 3.8) is 0 Å². The maximum Gasteiger partial charge on any atom is 0.195 e. The molecule has 0 fully saturated rings. The summed E-state index contributed by atoms with van der Waals surface area (Å²) in [4.78, 5) is 8.86. The van der Waals surface area contributed by atoms with E-state index in [-0.39, 0.29) is 10.8 Å². The summed E-state index contributed by atoms with van der Waals surface area (Å²) in [6, 6.07) is 13.4. The number of rotatable bonds is 6. The predicted molar refractivity (Wildman–Crippen MR) is 124 cm³/mol.